The first-order valence-corrected chi connectivity index (χ1v) is 5.84. The molecule has 0 aliphatic rings. The molecule has 4 heteroatoms. The highest BCUT2D eigenvalue weighted by Gasteiger charge is 2.10. The number of nitrogens with zero attached hydrogens (tertiary/aromatic N) is 1. The minimum atomic E-state index is -0.310. The van der Waals surface area contributed by atoms with Gasteiger partial charge >= 0.3 is 0 Å². The van der Waals surface area contributed by atoms with Crippen molar-refractivity contribution in [2.75, 3.05) is 14.2 Å². The molecule has 0 saturated heterocycles. The summed E-state index contributed by atoms with van der Waals surface area (Å²) in [6, 6.07) is 10.2. The summed E-state index contributed by atoms with van der Waals surface area (Å²) in [5.74, 6) is 0.885. The molecule has 0 aliphatic heterocycles. The molecule has 0 atom stereocenters. The second-order valence-corrected chi connectivity index (χ2v) is 4.19. The van der Waals surface area contributed by atoms with E-state index in [0.29, 0.717) is 11.4 Å². The summed E-state index contributed by atoms with van der Waals surface area (Å²) in [5, 5.41) is 2.70. The van der Waals surface area contributed by atoms with Crippen molar-refractivity contribution in [3.8, 4) is 11.6 Å². The van der Waals surface area contributed by atoms with Gasteiger partial charge in [0.15, 0.2) is 0 Å². The summed E-state index contributed by atoms with van der Waals surface area (Å²) in [5.41, 5.74) is 0.578. The van der Waals surface area contributed by atoms with E-state index in [9.17, 15) is 4.39 Å². The van der Waals surface area contributed by atoms with Crippen LogP contribution in [0.15, 0.2) is 36.4 Å². The van der Waals surface area contributed by atoms with Crippen LogP contribution in [0.3, 0.4) is 0 Å². The van der Waals surface area contributed by atoms with Crippen LogP contribution in [0.1, 0.15) is 0 Å². The third-order valence-corrected chi connectivity index (χ3v) is 3.12. The lowest BCUT2D eigenvalue weighted by Gasteiger charge is -2.09. The zero-order valence-electron chi connectivity index (χ0n) is 10.6. The monoisotopic (exact) mass is 257 g/mol. The minimum Gasteiger partial charge on any atom is -0.497 e. The number of methoxy groups -OCH3 is 2. The SMILES string of the molecule is COc1ccc2c(c1)c(OC)nc1cc(F)ccc12. The lowest BCUT2D eigenvalue weighted by atomic mass is 10.1. The van der Waals surface area contributed by atoms with Gasteiger partial charge < -0.3 is 9.47 Å². The fourth-order valence-corrected chi connectivity index (χ4v) is 2.21. The van der Waals surface area contributed by atoms with Crippen LogP contribution in [0.5, 0.6) is 11.6 Å². The van der Waals surface area contributed by atoms with Gasteiger partial charge in [-0.2, -0.15) is 0 Å². The number of halogens is 1. The van der Waals surface area contributed by atoms with Crippen LogP contribution >= 0.6 is 0 Å². The molecule has 0 saturated carbocycles. The summed E-state index contributed by atoms with van der Waals surface area (Å²) >= 11 is 0. The summed E-state index contributed by atoms with van der Waals surface area (Å²) in [6.45, 7) is 0. The fraction of sp³-hybridized carbons (Fsp3) is 0.133. The molecule has 0 bridgehead atoms. The summed E-state index contributed by atoms with van der Waals surface area (Å²) in [7, 11) is 3.16. The van der Waals surface area contributed by atoms with Crippen LogP contribution < -0.4 is 9.47 Å². The van der Waals surface area contributed by atoms with Crippen LogP contribution in [0, 0.1) is 5.82 Å². The number of ether oxygens (including phenoxy) is 2. The van der Waals surface area contributed by atoms with E-state index >= 15 is 0 Å². The Balaban J connectivity index is 2.46. The number of hydrogen-bond donors (Lipinski definition) is 0. The molecule has 1 aromatic heterocycles. The Labute approximate surface area is 109 Å². The number of hydrogen-bond acceptors (Lipinski definition) is 3. The van der Waals surface area contributed by atoms with Gasteiger partial charge in [-0.15, -0.1) is 0 Å². The van der Waals surface area contributed by atoms with Crippen molar-refractivity contribution in [1.82, 2.24) is 4.98 Å². The molecule has 0 N–H and O–H groups in total. The predicted octanol–water partition coefficient (Wildman–Crippen LogP) is 3.54. The van der Waals surface area contributed by atoms with Gasteiger partial charge in [0, 0.05) is 16.8 Å². The number of aromatic nitrogens is 1. The molecule has 0 fully saturated rings. The molecule has 1 heterocycles. The number of pyridine rings is 1. The van der Waals surface area contributed by atoms with E-state index in [-0.39, 0.29) is 5.82 Å². The van der Waals surface area contributed by atoms with E-state index in [4.69, 9.17) is 9.47 Å². The molecule has 0 unspecified atom stereocenters. The molecular formula is C15H12FNO2. The van der Waals surface area contributed by atoms with E-state index in [1.54, 1.807) is 20.3 Å². The van der Waals surface area contributed by atoms with Crippen molar-refractivity contribution in [3.05, 3.63) is 42.2 Å². The van der Waals surface area contributed by atoms with Crippen LogP contribution in [0.2, 0.25) is 0 Å². The molecule has 0 spiro atoms. The molecule has 96 valence electrons. The Morgan fingerprint density at radius 1 is 0.895 bits per heavy atom. The topological polar surface area (TPSA) is 31.4 Å². The largest absolute Gasteiger partial charge is 0.497 e. The second-order valence-electron chi connectivity index (χ2n) is 4.19. The zero-order valence-corrected chi connectivity index (χ0v) is 10.6. The molecule has 19 heavy (non-hydrogen) atoms. The van der Waals surface area contributed by atoms with Gasteiger partial charge in [0.05, 0.1) is 19.7 Å². The highest BCUT2D eigenvalue weighted by molar-refractivity contribution is 6.08. The maximum atomic E-state index is 13.3. The van der Waals surface area contributed by atoms with Crippen LogP contribution in [-0.4, -0.2) is 19.2 Å². The Morgan fingerprint density at radius 3 is 2.42 bits per heavy atom. The quantitative estimate of drug-likeness (QED) is 0.658. The van der Waals surface area contributed by atoms with E-state index in [1.807, 2.05) is 18.2 Å². The molecule has 2 aromatic carbocycles. The van der Waals surface area contributed by atoms with Gasteiger partial charge in [0.1, 0.15) is 11.6 Å². The van der Waals surface area contributed by atoms with Crippen LogP contribution in [-0.2, 0) is 0 Å². The lowest BCUT2D eigenvalue weighted by molar-refractivity contribution is 0.403. The number of fused-ring (bicyclic) bond motifs is 3. The summed E-state index contributed by atoms with van der Waals surface area (Å²) in [6.07, 6.45) is 0. The van der Waals surface area contributed by atoms with Crippen molar-refractivity contribution in [3.63, 3.8) is 0 Å². The van der Waals surface area contributed by atoms with E-state index in [1.165, 1.54) is 12.1 Å². The average Bonchev–Trinajstić information content (AvgIpc) is 2.45. The fourth-order valence-electron chi connectivity index (χ4n) is 2.21. The van der Waals surface area contributed by atoms with Crippen molar-refractivity contribution >= 4 is 21.7 Å². The molecule has 0 amide bonds. The predicted molar refractivity (Wildman–Crippen MR) is 72.3 cm³/mol. The van der Waals surface area contributed by atoms with Crippen molar-refractivity contribution in [2.24, 2.45) is 0 Å². The average molecular weight is 257 g/mol. The molecule has 0 aliphatic carbocycles. The minimum absolute atomic E-state index is 0.310. The third-order valence-electron chi connectivity index (χ3n) is 3.12. The van der Waals surface area contributed by atoms with Gasteiger partial charge in [-0.1, -0.05) is 0 Å². The Morgan fingerprint density at radius 2 is 1.68 bits per heavy atom. The van der Waals surface area contributed by atoms with Crippen molar-refractivity contribution in [1.29, 1.82) is 0 Å². The van der Waals surface area contributed by atoms with Crippen LogP contribution in [0.4, 0.5) is 4.39 Å². The van der Waals surface area contributed by atoms with Crippen LogP contribution in [0.25, 0.3) is 21.7 Å². The maximum Gasteiger partial charge on any atom is 0.221 e. The highest BCUT2D eigenvalue weighted by Crippen LogP contribution is 2.33. The van der Waals surface area contributed by atoms with Gasteiger partial charge in [0.25, 0.3) is 0 Å². The second kappa shape index (κ2) is 4.39. The molecule has 3 nitrogen and oxygen atoms in total. The highest BCUT2D eigenvalue weighted by atomic mass is 19.1. The van der Waals surface area contributed by atoms with Crippen molar-refractivity contribution < 1.29 is 13.9 Å². The summed E-state index contributed by atoms with van der Waals surface area (Å²) in [4.78, 5) is 4.34. The molecule has 3 aromatic rings. The Kier molecular flexibility index (Phi) is 2.71. The third kappa shape index (κ3) is 1.85. The first-order valence-electron chi connectivity index (χ1n) is 5.84. The van der Waals surface area contributed by atoms with Gasteiger partial charge in [-0.25, -0.2) is 9.37 Å². The lowest BCUT2D eigenvalue weighted by Crippen LogP contribution is -1.93. The Bertz CT molecular complexity index is 771. The van der Waals surface area contributed by atoms with E-state index in [0.717, 1.165) is 21.9 Å². The van der Waals surface area contributed by atoms with Crippen molar-refractivity contribution in [2.45, 2.75) is 0 Å². The normalized spacial score (nSPS) is 10.9. The first-order chi connectivity index (χ1) is 9.22. The number of rotatable bonds is 2. The molecule has 0 radical (unpaired) electrons. The zero-order chi connectivity index (χ0) is 13.4. The van der Waals surface area contributed by atoms with E-state index in [2.05, 4.69) is 4.98 Å². The molecular weight excluding hydrogens is 245 g/mol. The standard InChI is InChI=1S/C15H12FNO2/c1-18-10-4-6-11-12-5-3-9(16)7-14(12)17-15(19-2)13(11)8-10/h3-8H,1-2H3. The molecule has 3 rings (SSSR count). The summed E-state index contributed by atoms with van der Waals surface area (Å²) < 4.78 is 23.8. The smallest absolute Gasteiger partial charge is 0.221 e. The maximum absolute atomic E-state index is 13.3. The van der Waals surface area contributed by atoms with Gasteiger partial charge in [-0.3, -0.25) is 0 Å². The van der Waals surface area contributed by atoms with E-state index < -0.39 is 0 Å². The Hall–Kier alpha value is -2.36. The first kappa shape index (κ1) is 11.7. The number of benzene rings is 2. The van der Waals surface area contributed by atoms with Gasteiger partial charge in [-0.05, 0) is 35.7 Å². The van der Waals surface area contributed by atoms with Gasteiger partial charge in [0.2, 0.25) is 5.88 Å².